The van der Waals surface area contributed by atoms with Crippen molar-refractivity contribution in [2.24, 2.45) is 0 Å². The Hall–Kier alpha value is -4.13. The highest BCUT2D eigenvalue weighted by Gasteiger charge is 2.51. The van der Waals surface area contributed by atoms with E-state index >= 15 is 0 Å². The van der Waals surface area contributed by atoms with E-state index in [1.807, 2.05) is 6.07 Å². The van der Waals surface area contributed by atoms with Crippen LogP contribution >= 0.6 is 0 Å². The van der Waals surface area contributed by atoms with Crippen LogP contribution in [0.1, 0.15) is 27.4 Å². The van der Waals surface area contributed by atoms with Crippen molar-refractivity contribution in [3.05, 3.63) is 58.7 Å². The van der Waals surface area contributed by atoms with E-state index in [9.17, 15) is 24.6 Å². The minimum absolute atomic E-state index is 0.00581. The van der Waals surface area contributed by atoms with Crippen LogP contribution in [0.15, 0.2) is 42.0 Å². The van der Waals surface area contributed by atoms with Crippen LogP contribution in [-0.2, 0) is 20.7 Å². The molecule has 0 saturated carbocycles. The predicted octanol–water partition coefficient (Wildman–Crippen LogP) is 0.865. The second-order valence-electron chi connectivity index (χ2n) is 9.85. The van der Waals surface area contributed by atoms with Crippen molar-refractivity contribution in [1.82, 2.24) is 10.2 Å². The van der Waals surface area contributed by atoms with Crippen molar-refractivity contribution in [2.45, 2.75) is 30.6 Å². The van der Waals surface area contributed by atoms with Crippen molar-refractivity contribution in [1.29, 1.82) is 0 Å². The van der Waals surface area contributed by atoms with E-state index in [1.54, 1.807) is 38.5 Å². The number of fused-ring (bicyclic) bond motifs is 3. The second-order valence-corrected chi connectivity index (χ2v) is 9.85. The summed E-state index contributed by atoms with van der Waals surface area (Å²) in [5.41, 5.74) is 1.81. The number of nitrogens with zero attached hydrogens (tertiary/aromatic N) is 1. The average Bonchev–Trinajstić information content (AvgIpc) is 3.40. The maximum absolute atomic E-state index is 13.4. The van der Waals surface area contributed by atoms with Gasteiger partial charge in [0.1, 0.15) is 36.6 Å². The summed E-state index contributed by atoms with van der Waals surface area (Å²) < 4.78 is 27.6. The summed E-state index contributed by atoms with van der Waals surface area (Å²) in [6.45, 7) is -0.410. The van der Waals surface area contributed by atoms with Gasteiger partial charge < -0.3 is 44.1 Å². The van der Waals surface area contributed by atoms with Crippen molar-refractivity contribution >= 4 is 18.1 Å². The summed E-state index contributed by atoms with van der Waals surface area (Å²) in [4.78, 5) is 40.0. The molecule has 2 amide bonds. The molecule has 0 spiro atoms. The number of carbonyl (C=O) groups excluding carboxylic acids is 3. The molecule has 1 aliphatic heterocycles. The molecule has 3 N–H and O–H groups in total. The molecule has 0 saturated heterocycles. The van der Waals surface area contributed by atoms with Gasteiger partial charge in [-0.05, 0) is 48.4 Å². The van der Waals surface area contributed by atoms with Crippen LogP contribution in [0.4, 0.5) is 0 Å². The monoisotopic (exact) mass is 584 g/mol. The molecule has 0 bridgehead atoms. The highest BCUT2D eigenvalue weighted by molar-refractivity contribution is 5.96. The SMILES string of the molecule is COCC(=O)N(CCc1cc(OC)ccc1OC)[C@@H]1C=C(C(=O)NCCO)[C@@H]2c3cc(C=O)cc(OC)c3O[C@@H]2[C@H]1O. The van der Waals surface area contributed by atoms with Gasteiger partial charge in [-0.3, -0.25) is 14.4 Å². The third-order valence-corrected chi connectivity index (χ3v) is 7.47. The Balaban J connectivity index is 1.77. The summed E-state index contributed by atoms with van der Waals surface area (Å²) in [5.74, 6) is 0.114. The number of ether oxygens (including phenoxy) is 5. The molecule has 2 aliphatic rings. The van der Waals surface area contributed by atoms with Gasteiger partial charge in [0.05, 0.1) is 39.9 Å². The van der Waals surface area contributed by atoms with E-state index < -0.39 is 36.0 Å². The Morgan fingerprint density at radius 3 is 2.48 bits per heavy atom. The van der Waals surface area contributed by atoms with Crippen molar-refractivity contribution in [3.8, 4) is 23.0 Å². The summed E-state index contributed by atoms with van der Waals surface area (Å²) >= 11 is 0. The van der Waals surface area contributed by atoms with Crippen LogP contribution in [0, 0.1) is 0 Å². The fourth-order valence-electron chi connectivity index (χ4n) is 5.52. The Morgan fingerprint density at radius 2 is 1.83 bits per heavy atom. The summed E-state index contributed by atoms with van der Waals surface area (Å²) in [5, 5.41) is 23.7. The van der Waals surface area contributed by atoms with Gasteiger partial charge in [0.2, 0.25) is 11.8 Å². The molecule has 42 heavy (non-hydrogen) atoms. The zero-order valence-electron chi connectivity index (χ0n) is 24.0. The number of nitrogens with one attached hydrogen (secondary N) is 1. The van der Waals surface area contributed by atoms with E-state index in [2.05, 4.69) is 5.32 Å². The molecule has 1 heterocycles. The molecule has 12 heteroatoms. The van der Waals surface area contributed by atoms with E-state index in [4.69, 9.17) is 23.7 Å². The van der Waals surface area contributed by atoms with Crippen LogP contribution in [0.25, 0.3) is 0 Å². The first kappa shape index (κ1) is 30.8. The lowest BCUT2D eigenvalue weighted by molar-refractivity contribution is -0.141. The lowest BCUT2D eigenvalue weighted by atomic mass is 9.77. The number of hydrogen-bond acceptors (Lipinski definition) is 10. The molecule has 0 fully saturated rings. The molecule has 0 aromatic heterocycles. The first-order chi connectivity index (χ1) is 20.3. The Kier molecular flexibility index (Phi) is 10.0. The molecule has 4 atom stereocenters. The fourth-order valence-corrected chi connectivity index (χ4v) is 5.52. The van der Waals surface area contributed by atoms with E-state index in [0.29, 0.717) is 41.1 Å². The lowest BCUT2D eigenvalue weighted by Gasteiger charge is -2.40. The Labute approximate surface area is 243 Å². The van der Waals surface area contributed by atoms with Crippen LogP contribution in [0.5, 0.6) is 23.0 Å². The standard InChI is InChI=1S/C30H36N2O10/c1-38-16-25(35)32(9-7-18-13-19(39-2)5-6-23(18)40-3)22-14-21(30(37)31-8-10-33)26-20-11-17(15-34)12-24(41-4)28(20)42-29(26)27(22)36/h5-6,11-15,22,26-27,29,33,36H,7-10,16H2,1-4H3,(H,31,37)/t22-,26+,27+,29+/m1/s1. The van der Waals surface area contributed by atoms with Crippen LogP contribution in [-0.4, -0.2) is 106 Å². The highest BCUT2D eigenvalue weighted by atomic mass is 16.5. The van der Waals surface area contributed by atoms with Gasteiger partial charge in [-0.1, -0.05) is 0 Å². The molecule has 1 aliphatic carbocycles. The quantitative estimate of drug-likeness (QED) is 0.289. The van der Waals surface area contributed by atoms with Crippen LogP contribution in [0.3, 0.4) is 0 Å². The third-order valence-electron chi connectivity index (χ3n) is 7.47. The van der Waals surface area contributed by atoms with E-state index in [-0.39, 0.29) is 37.6 Å². The maximum Gasteiger partial charge on any atom is 0.249 e. The first-order valence-electron chi connectivity index (χ1n) is 13.4. The van der Waals surface area contributed by atoms with Gasteiger partial charge in [-0.2, -0.15) is 0 Å². The lowest BCUT2D eigenvalue weighted by Crippen LogP contribution is -2.56. The number of aldehydes is 1. The van der Waals surface area contributed by atoms with Gasteiger partial charge >= 0.3 is 0 Å². The summed E-state index contributed by atoms with van der Waals surface area (Å²) in [6, 6.07) is 7.47. The van der Waals surface area contributed by atoms with E-state index in [1.165, 1.54) is 25.2 Å². The smallest absolute Gasteiger partial charge is 0.249 e. The first-order valence-corrected chi connectivity index (χ1v) is 13.4. The van der Waals surface area contributed by atoms with Crippen molar-refractivity contribution < 1.29 is 48.3 Å². The number of methoxy groups -OCH3 is 4. The molecule has 12 nitrogen and oxygen atoms in total. The largest absolute Gasteiger partial charge is 0.497 e. The minimum Gasteiger partial charge on any atom is -0.497 e. The molecular weight excluding hydrogens is 548 g/mol. The zero-order valence-corrected chi connectivity index (χ0v) is 24.0. The van der Waals surface area contributed by atoms with Crippen LogP contribution in [0.2, 0.25) is 0 Å². The number of benzene rings is 2. The number of carbonyl (C=O) groups is 3. The maximum atomic E-state index is 13.4. The highest BCUT2D eigenvalue weighted by Crippen LogP contribution is 2.51. The molecular formula is C30H36N2O10. The molecule has 2 aromatic rings. The van der Waals surface area contributed by atoms with Gasteiger partial charge in [0.15, 0.2) is 11.5 Å². The molecule has 0 unspecified atom stereocenters. The average molecular weight is 585 g/mol. The van der Waals surface area contributed by atoms with E-state index in [0.717, 1.165) is 5.56 Å². The molecule has 0 radical (unpaired) electrons. The zero-order chi connectivity index (χ0) is 30.4. The van der Waals surface area contributed by atoms with Gasteiger partial charge in [-0.15, -0.1) is 0 Å². The minimum atomic E-state index is -1.27. The van der Waals surface area contributed by atoms with Crippen LogP contribution < -0.4 is 24.3 Å². The third kappa shape index (κ3) is 6.06. The number of aliphatic hydroxyl groups is 2. The molecule has 4 rings (SSSR count). The number of rotatable bonds is 13. The van der Waals surface area contributed by atoms with Gasteiger partial charge in [-0.25, -0.2) is 0 Å². The number of hydrogen-bond donors (Lipinski definition) is 3. The normalized spacial score (nSPS) is 20.4. The topological polar surface area (TPSA) is 153 Å². The number of aliphatic hydroxyl groups excluding tert-OH is 2. The van der Waals surface area contributed by atoms with Gasteiger partial charge in [0, 0.05) is 36.9 Å². The summed E-state index contributed by atoms with van der Waals surface area (Å²) in [6.07, 6.45) is 0.294. The van der Waals surface area contributed by atoms with Crippen molar-refractivity contribution in [3.63, 3.8) is 0 Å². The second kappa shape index (κ2) is 13.7. The number of amides is 2. The predicted molar refractivity (Wildman–Crippen MR) is 150 cm³/mol. The summed E-state index contributed by atoms with van der Waals surface area (Å²) in [7, 11) is 5.92. The molecule has 226 valence electrons. The van der Waals surface area contributed by atoms with Crippen molar-refractivity contribution in [2.75, 3.05) is 54.7 Å². The Morgan fingerprint density at radius 1 is 1.07 bits per heavy atom. The fraction of sp³-hybridized carbons (Fsp3) is 0.433. The van der Waals surface area contributed by atoms with Gasteiger partial charge in [0.25, 0.3) is 0 Å². The Bertz CT molecular complexity index is 1340. The molecule has 2 aromatic carbocycles.